The van der Waals surface area contributed by atoms with E-state index in [1.807, 2.05) is 47.9 Å². The molecule has 2 aromatic rings. The first-order valence-corrected chi connectivity index (χ1v) is 8.51. The van der Waals surface area contributed by atoms with Crippen LogP contribution in [0, 0.1) is 19.7 Å². The molecule has 1 fully saturated rings. The third-order valence-corrected chi connectivity index (χ3v) is 5.05. The fraction of sp³-hybridized carbons (Fsp3) is 0.350. The standard InChI is InChI=1S/C20H23FN2O2/c1-14-6-5-7-16(15(14)2)19(20(24)25)23-12-10-22(11-13-23)18-9-4-3-8-17(18)21/h3-9,19H,10-13H2,1-2H3,(H,24,25)/t19-/m1/s1. The van der Waals surface area contributed by atoms with Gasteiger partial charge in [-0.3, -0.25) is 9.69 Å². The van der Waals surface area contributed by atoms with E-state index in [1.54, 1.807) is 12.1 Å². The first-order chi connectivity index (χ1) is 12.0. The summed E-state index contributed by atoms with van der Waals surface area (Å²) in [4.78, 5) is 15.9. The molecule has 132 valence electrons. The Balaban J connectivity index is 1.79. The van der Waals surface area contributed by atoms with Crippen molar-refractivity contribution in [2.45, 2.75) is 19.9 Å². The van der Waals surface area contributed by atoms with Gasteiger partial charge >= 0.3 is 5.97 Å². The van der Waals surface area contributed by atoms with E-state index in [4.69, 9.17) is 0 Å². The minimum atomic E-state index is -0.840. The number of aryl methyl sites for hydroxylation is 1. The minimum absolute atomic E-state index is 0.236. The lowest BCUT2D eigenvalue weighted by atomic mass is 9.96. The van der Waals surface area contributed by atoms with Gasteiger partial charge in [-0.05, 0) is 42.7 Å². The van der Waals surface area contributed by atoms with E-state index in [0.29, 0.717) is 31.9 Å². The summed E-state index contributed by atoms with van der Waals surface area (Å²) in [6, 6.07) is 11.9. The van der Waals surface area contributed by atoms with Crippen molar-refractivity contribution in [2.24, 2.45) is 0 Å². The van der Waals surface area contributed by atoms with Crippen LogP contribution in [0.2, 0.25) is 0 Å². The van der Waals surface area contributed by atoms with Gasteiger partial charge < -0.3 is 10.0 Å². The number of nitrogens with zero attached hydrogens (tertiary/aromatic N) is 2. The molecule has 5 heteroatoms. The topological polar surface area (TPSA) is 43.8 Å². The third kappa shape index (κ3) is 3.51. The second-order valence-corrected chi connectivity index (χ2v) is 6.50. The zero-order valence-electron chi connectivity index (χ0n) is 14.6. The van der Waals surface area contributed by atoms with Gasteiger partial charge in [-0.15, -0.1) is 0 Å². The van der Waals surface area contributed by atoms with Crippen molar-refractivity contribution in [1.82, 2.24) is 4.90 Å². The van der Waals surface area contributed by atoms with Crippen molar-refractivity contribution in [1.29, 1.82) is 0 Å². The van der Waals surface area contributed by atoms with E-state index in [9.17, 15) is 14.3 Å². The lowest BCUT2D eigenvalue weighted by molar-refractivity contribution is -0.143. The van der Waals surface area contributed by atoms with Gasteiger partial charge in [0, 0.05) is 26.2 Å². The molecule has 0 saturated carbocycles. The molecular formula is C20H23FN2O2. The summed E-state index contributed by atoms with van der Waals surface area (Å²) in [6.45, 7) is 6.34. The molecule has 3 rings (SSSR count). The van der Waals surface area contributed by atoms with Crippen LogP contribution in [0.3, 0.4) is 0 Å². The van der Waals surface area contributed by atoms with E-state index >= 15 is 0 Å². The molecule has 1 atom stereocenters. The summed E-state index contributed by atoms with van der Waals surface area (Å²) < 4.78 is 14.0. The maximum atomic E-state index is 14.0. The Morgan fingerprint density at radius 1 is 1.04 bits per heavy atom. The van der Waals surface area contributed by atoms with Crippen LogP contribution in [0.1, 0.15) is 22.7 Å². The predicted octanol–water partition coefficient (Wildman–Crippen LogP) is 3.39. The molecule has 25 heavy (non-hydrogen) atoms. The quantitative estimate of drug-likeness (QED) is 0.925. The number of aliphatic carboxylic acids is 1. The van der Waals surface area contributed by atoms with Gasteiger partial charge in [0.05, 0.1) is 5.69 Å². The largest absolute Gasteiger partial charge is 0.480 e. The Labute approximate surface area is 147 Å². The monoisotopic (exact) mass is 342 g/mol. The molecule has 0 bridgehead atoms. The van der Waals surface area contributed by atoms with Crippen molar-refractivity contribution in [3.05, 3.63) is 65.0 Å². The highest BCUT2D eigenvalue weighted by Crippen LogP contribution is 2.28. The first kappa shape index (κ1) is 17.4. The second kappa shape index (κ2) is 7.23. The zero-order chi connectivity index (χ0) is 18.0. The number of halogens is 1. The molecule has 1 aliphatic heterocycles. The van der Waals surface area contributed by atoms with E-state index in [1.165, 1.54) is 6.07 Å². The number of piperazine rings is 1. The molecule has 0 aliphatic carbocycles. The second-order valence-electron chi connectivity index (χ2n) is 6.50. The Bertz CT molecular complexity index is 770. The minimum Gasteiger partial charge on any atom is -0.480 e. The molecule has 1 aliphatic rings. The number of hydrogen-bond acceptors (Lipinski definition) is 3. The van der Waals surface area contributed by atoms with Crippen LogP contribution in [0.15, 0.2) is 42.5 Å². The Morgan fingerprint density at radius 3 is 2.36 bits per heavy atom. The van der Waals surface area contributed by atoms with Gasteiger partial charge in [-0.2, -0.15) is 0 Å². The highest BCUT2D eigenvalue weighted by atomic mass is 19.1. The van der Waals surface area contributed by atoms with Gasteiger partial charge in [0.15, 0.2) is 0 Å². The lowest BCUT2D eigenvalue weighted by Gasteiger charge is -2.39. The molecule has 0 amide bonds. The van der Waals surface area contributed by atoms with Gasteiger partial charge in [-0.1, -0.05) is 30.3 Å². The highest BCUT2D eigenvalue weighted by molar-refractivity contribution is 5.76. The normalized spacial score (nSPS) is 16.7. The molecule has 1 heterocycles. The summed E-state index contributed by atoms with van der Waals surface area (Å²) in [6.07, 6.45) is 0. The van der Waals surface area contributed by atoms with Crippen molar-refractivity contribution >= 4 is 11.7 Å². The number of carboxylic acids is 1. The number of benzene rings is 2. The van der Waals surface area contributed by atoms with E-state index in [2.05, 4.69) is 0 Å². The average molecular weight is 342 g/mol. The molecule has 0 spiro atoms. The summed E-state index contributed by atoms with van der Waals surface area (Å²) in [7, 11) is 0. The average Bonchev–Trinajstić information content (AvgIpc) is 2.60. The van der Waals surface area contributed by atoms with E-state index in [-0.39, 0.29) is 5.82 Å². The molecule has 0 radical (unpaired) electrons. The summed E-state index contributed by atoms with van der Waals surface area (Å²) in [5.74, 6) is -1.08. The van der Waals surface area contributed by atoms with Gasteiger partial charge in [-0.25, -0.2) is 4.39 Å². The fourth-order valence-corrected chi connectivity index (χ4v) is 3.49. The molecular weight excluding hydrogens is 319 g/mol. The van der Waals surface area contributed by atoms with Crippen LogP contribution >= 0.6 is 0 Å². The summed E-state index contributed by atoms with van der Waals surface area (Å²) >= 11 is 0. The molecule has 2 aromatic carbocycles. The van der Waals surface area contributed by atoms with E-state index in [0.717, 1.165) is 16.7 Å². The number of carbonyl (C=O) groups is 1. The van der Waals surface area contributed by atoms with Crippen LogP contribution in [-0.2, 0) is 4.79 Å². The van der Waals surface area contributed by atoms with Crippen LogP contribution in [-0.4, -0.2) is 42.2 Å². The van der Waals surface area contributed by atoms with Crippen molar-refractivity contribution in [2.75, 3.05) is 31.1 Å². The van der Waals surface area contributed by atoms with Crippen molar-refractivity contribution in [3.8, 4) is 0 Å². The van der Waals surface area contributed by atoms with Crippen LogP contribution in [0.25, 0.3) is 0 Å². The molecule has 4 nitrogen and oxygen atoms in total. The van der Waals surface area contributed by atoms with Gasteiger partial charge in [0.2, 0.25) is 0 Å². The maximum absolute atomic E-state index is 14.0. The summed E-state index contributed by atoms with van der Waals surface area (Å²) in [5.41, 5.74) is 3.53. The smallest absolute Gasteiger partial charge is 0.325 e. The Hall–Kier alpha value is -2.40. The zero-order valence-corrected chi connectivity index (χ0v) is 14.6. The number of anilines is 1. The van der Waals surface area contributed by atoms with Gasteiger partial charge in [0.25, 0.3) is 0 Å². The highest BCUT2D eigenvalue weighted by Gasteiger charge is 2.31. The summed E-state index contributed by atoms with van der Waals surface area (Å²) in [5, 5.41) is 9.81. The SMILES string of the molecule is Cc1cccc([C@H](C(=O)O)N2CCN(c3ccccc3F)CC2)c1C. The number of carboxylic acid groups (broad SMARTS) is 1. The number of para-hydroxylation sites is 1. The van der Waals surface area contributed by atoms with Gasteiger partial charge in [0.1, 0.15) is 11.9 Å². The molecule has 1 N–H and O–H groups in total. The third-order valence-electron chi connectivity index (χ3n) is 5.05. The number of rotatable bonds is 4. The molecule has 0 aromatic heterocycles. The molecule has 1 saturated heterocycles. The van der Waals surface area contributed by atoms with Crippen LogP contribution in [0.5, 0.6) is 0 Å². The van der Waals surface area contributed by atoms with E-state index < -0.39 is 12.0 Å². The molecule has 0 unspecified atom stereocenters. The number of hydrogen-bond donors (Lipinski definition) is 1. The Morgan fingerprint density at radius 2 is 1.72 bits per heavy atom. The van der Waals surface area contributed by atoms with Crippen molar-refractivity contribution in [3.63, 3.8) is 0 Å². The first-order valence-electron chi connectivity index (χ1n) is 8.51. The van der Waals surface area contributed by atoms with Crippen molar-refractivity contribution < 1.29 is 14.3 Å². The lowest BCUT2D eigenvalue weighted by Crippen LogP contribution is -2.49. The predicted molar refractivity (Wildman–Crippen MR) is 96.5 cm³/mol. The fourth-order valence-electron chi connectivity index (χ4n) is 3.49. The Kier molecular flexibility index (Phi) is 5.04. The van der Waals surface area contributed by atoms with Crippen LogP contribution in [0.4, 0.5) is 10.1 Å². The maximum Gasteiger partial charge on any atom is 0.325 e. The van der Waals surface area contributed by atoms with Crippen LogP contribution < -0.4 is 4.90 Å².